The maximum atomic E-state index is 11.9. The van der Waals surface area contributed by atoms with Crippen molar-refractivity contribution in [2.75, 3.05) is 13.6 Å². The Labute approximate surface area is 110 Å². The zero-order valence-corrected chi connectivity index (χ0v) is 11.0. The fourth-order valence-corrected chi connectivity index (χ4v) is 1.54. The van der Waals surface area contributed by atoms with Gasteiger partial charge in [0.05, 0.1) is 6.54 Å². The summed E-state index contributed by atoms with van der Waals surface area (Å²) >= 11 is 0. The highest BCUT2D eigenvalue weighted by molar-refractivity contribution is 6.36. The van der Waals surface area contributed by atoms with Gasteiger partial charge in [0.25, 0.3) is 5.91 Å². The highest BCUT2D eigenvalue weighted by atomic mass is 16.6. The summed E-state index contributed by atoms with van der Waals surface area (Å²) in [6, 6.07) is -0.0133. The Bertz CT molecular complexity index is 419. The molecule has 0 aliphatic carbocycles. The molecule has 0 saturated heterocycles. The van der Waals surface area contributed by atoms with Gasteiger partial charge in [0.1, 0.15) is 0 Å². The van der Waals surface area contributed by atoms with Gasteiger partial charge < -0.3 is 20.2 Å². The molecule has 0 bridgehead atoms. The van der Waals surface area contributed by atoms with Crippen molar-refractivity contribution in [1.29, 1.82) is 0 Å². The van der Waals surface area contributed by atoms with Gasteiger partial charge in [-0.2, -0.15) is 0 Å². The van der Waals surface area contributed by atoms with Gasteiger partial charge in [0.2, 0.25) is 12.0 Å². The zero-order valence-electron chi connectivity index (χ0n) is 11.0. The van der Waals surface area contributed by atoms with Crippen molar-refractivity contribution in [3.05, 3.63) is 0 Å². The average Bonchev–Trinajstić information content (AvgIpc) is 2.75. The predicted octanol–water partition coefficient (Wildman–Crippen LogP) is -0.801. The van der Waals surface area contributed by atoms with E-state index in [-0.39, 0.29) is 30.6 Å². The number of amides is 2. The number of carbonyl (C=O) groups excluding carboxylic acids is 2. The lowest BCUT2D eigenvalue weighted by Crippen LogP contribution is -2.44. The van der Waals surface area contributed by atoms with Crippen molar-refractivity contribution in [2.24, 2.45) is 5.16 Å². The number of nitrogens with one attached hydrogen (secondary N) is 1. The van der Waals surface area contributed by atoms with Crippen LogP contribution >= 0.6 is 0 Å². The molecule has 0 aromatic heterocycles. The molecular weight excluding hydrogens is 254 g/mol. The van der Waals surface area contributed by atoms with E-state index in [2.05, 4.69) is 10.5 Å². The molecule has 0 saturated carbocycles. The number of carboxylic acid groups (broad SMARTS) is 1. The topological polar surface area (TPSA) is 108 Å². The minimum absolute atomic E-state index is 0.0133. The van der Waals surface area contributed by atoms with Crippen LogP contribution in [0.4, 0.5) is 0 Å². The smallest absolute Gasteiger partial charge is 0.353 e. The molecule has 106 valence electrons. The van der Waals surface area contributed by atoms with Gasteiger partial charge in [-0.25, -0.2) is 4.79 Å². The minimum Gasteiger partial charge on any atom is -0.477 e. The van der Waals surface area contributed by atoms with E-state index in [1.54, 1.807) is 0 Å². The summed E-state index contributed by atoms with van der Waals surface area (Å²) in [6.45, 7) is 3.51. The number of likely N-dealkylation sites (N-methyl/N-ethyl adjacent to an activating group) is 1. The van der Waals surface area contributed by atoms with Gasteiger partial charge in [-0.3, -0.25) is 9.59 Å². The molecule has 0 radical (unpaired) electrons. The minimum atomic E-state index is -1.21. The van der Waals surface area contributed by atoms with Crippen molar-refractivity contribution in [3.63, 3.8) is 0 Å². The van der Waals surface area contributed by atoms with Crippen LogP contribution in [0, 0.1) is 0 Å². The molecule has 19 heavy (non-hydrogen) atoms. The lowest BCUT2D eigenvalue weighted by Gasteiger charge is -2.19. The average molecular weight is 271 g/mol. The summed E-state index contributed by atoms with van der Waals surface area (Å²) in [5, 5.41) is 14.7. The van der Waals surface area contributed by atoms with Gasteiger partial charge in [-0.05, 0) is 13.8 Å². The number of carboxylic acids is 1. The van der Waals surface area contributed by atoms with Crippen molar-refractivity contribution < 1.29 is 24.3 Å². The molecule has 0 spiro atoms. The third kappa shape index (κ3) is 4.23. The second kappa shape index (κ2) is 6.17. The summed E-state index contributed by atoms with van der Waals surface area (Å²) in [7, 11) is 1.45. The predicted molar refractivity (Wildman–Crippen MR) is 65.5 cm³/mol. The van der Waals surface area contributed by atoms with E-state index in [0.717, 1.165) is 0 Å². The van der Waals surface area contributed by atoms with Crippen LogP contribution in [0.1, 0.15) is 20.3 Å². The Balaban J connectivity index is 2.46. The van der Waals surface area contributed by atoms with Gasteiger partial charge in [-0.1, -0.05) is 5.16 Å². The highest BCUT2D eigenvalue weighted by Crippen LogP contribution is 2.12. The van der Waals surface area contributed by atoms with Crippen molar-refractivity contribution >= 4 is 23.5 Å². The lowest BCUT2D eigenvalue weighted by atomic mass is 10.1. The van der Waals surface area contributed by atoms with E-state index >= 15 is 0 Å². The maximum Gasteiger partial charge on any atom is 0.353 e. The number of oxime groups is 1. The van der Waals surface area contributed by atoms with Crippen LogP contribution in [-0.2, 0) is 19.2 Å². The summed E-state index contributed by atoms with van der Waals surface area (Å²) in [4.78, 5) is 40.0. The SMILES string of the molecule is CC(C)NC(=O)CN(C)C(=O)C1CC(C(=O)O)=NO1. The van der Waals surface area contributed by atoms with E-state index in [9.17, 15) is 14.4 Å². The van der Waals surface area contributed by atoms with Crippen LogP contribution in [-0.4, -0.2) is 59.2 Å². The number of hydrogen-bond donors (Lipinski definition) is 2. The molecule has 0 fully saturated rings. The first-order valence-electron chi connectivity index (χ1n) is 5.81. The lowest BCUT2D eigenvalue weighted by molar-refractivity contribution is -0.143. The molecule has 1 aliphatic heterocycles. The monoisotopic (exact) mass is 271 g/mol. The Morgan fingerprint density at radius 1 is 1.53 bits per heavy atom. The standard InChI is InChI=1S/C11H17N3O5/c1-6(2)12-9(15)5-14(3)10(16)8-4-7(11(17)18)13-19-8/h6,8H,4-5H2,1-3H3,(H,12,15)(H,17,18). The first-order valence-corrected chi connectivity index (χ1v) is 5.81. The van der Waals surface area contributed by atoms with Crippen LogP contribution in [0.25, 0.3) is 0 Å². The molecule has 1 heterocycles. The Morgan fingerprint density at radius 2 is 2.16 bits per heavy atom. The van der Waals surface area contributed by atoms with Gasteiger partial charge in [0.15, 0.2) is 5.71 Å². The van der Waals surface area contributed by atoms with Crippen molar-refractivity contribution in [1.82, 2.24) is 10.2 Å². The van der Waals surface area contributed by atoms with Crippen LogP contribution < -0.4 is 5.32 Å². The van der Waals surface area contributed by atoms with Crippen LogP contribution in [0.2, 0.25) is 0 Å². The summed E-state index contributed by atoms with van der Waals surface area (Å²) in [5.41, 5.74) is -0.196. The zero-order chi connectivity index (χ0) is 14.6. The fraction of sp³-hybridized carbons (Fsp3) is 0.636. The molecule has 0 aromatic carbocycles. The molecule has 1 rings (SSSR count). The molecule has 2 N–H and O–H groups in total. The normalized spacial score (nSPS) is 17.7. The first-order chi connectivity index (χ1) is 8.81. The largest absolute Gasteiger partial charge is 0.477 e. The summed E-state index contributed by atoms with van der Waals surface area (Å²) in [5.74, 6) is -1.97. The highest BCUT2D eigenvalue weighted by Gasteiger charge is 2.33. The molecule has 8 heteroatoms. The second-order valence-electron chi connectivity index (χ2n) is 4.56. The van der Waals surface area contributed by atoms with Crippen molar-refractivity contribution in [2.45, 2.75) is 32.4 Å². The molecule has 0 aromatic rings. The van der Waals surface area contributed by atoms with Crippen LogP contribution in [0.5, 0.6) is 0 Å². The fourth-order valence-electron chi connectivity index (χ4n) is 1.54. The van der Waals surface area contributed by atoms with E-state index in [0.29, 0.717) is 0 Å². The Kier molecular flexibility index (Phi) is 4.85. The quantitative estimate of drug-likeness (QED) is 0.680. The van der Waals surface area contributed by atoms with Gasteiger partial charge in [-0.15, -0.1) is 0 Å². The molecule has 1 aliphatic rings. The second-order valence-corrected chi connectivity index (χ2v) is 4.56. The van der Waals surface area contributed by atoms with E-state index in [4.69, 9.17) is 9.94 Å². The molecule has 1 unspecified atom stereocenters. The Hall–Kier alpha value is -2.12. The number of rotatable bonds is 5. The van der Waals surface area contributed by atoms with Crippen LogP contribution in [0.3, 0.4) is 0 Å². The molecular formula is C11H17N3O5. The number of carbonyl (C=O) groups is 3. The number of aliphatic carboxylic acids is 1. The third-order valence-electron chi connectivity index (χ3n) is 2.40. The van der Waals surface area contributed by atoms with Gasteiger partial charge >= 0.3 is 5.97 Å². The van der Waals surface area contributed by atoms with Gasteiger partial charge in [0, 0.05) is 19.5 Å². The van der Waals surface area contributed by atoms with Crippen molar-refractivity contribution in [3.8, 4) is 0 Å². The number of hydrogen-bond acceptors (Lipinski definition) is 5. The molecule has 1 atom stereocenters. The Morgan fingerprint density at radius 3 is 2.63 bits per heavy atom. The summed E-state index contributed by atoms with van der Waals surface area (Å²) in [6.07, 6.45) is -1.06. The molecule has 8 nitrogen and oxygen atoms in total. The van der Waals surface area contributed by atoms with E-state index in [1.165, 1.54) is 11.9 Å². The van der Waals surface area contributed by atoms with E-state index < -0.39 is 18.0 Å². The maximum absolute atomic E-state index is 11.9. The molecule has 2 amide bonds. The van der Waals surface area contributed by atoms with Crippen LogP contribution in [0.15, 0.2) is 5.16 Å². The summed E-state index contributed by atoms with van der Waals surface area (Å²) < 4.78 is 0. The third-order valence-corrected chi connectivity index (χ3v) is 2.40. The van der Waals surface area contributed by atoms with E-state index in [1.807, 2.05) is 13.8 Å². The first kappa shape index (κ1) is 14.9. The number of nitrogens with zero attached hydrogens (tertiary/aromatic N) is 2.